The Labute approximate surface area is 118 Å². The molecule has 1 rings (SSSR count). The molecule has 0 saturated heterocycles. The molecule has 0 spiro atoms. The third-order valence-corrected chi connectivity index (χ3v) is 8.43. The molecule has 0 unspecified atom stereocenters. The number of hydrogen-bond donors (Lipinski definition) is 1. The van der Waals surface area contributed by atoms with Gasteiger partial charge in [-0.2, -0.15) is 0 Å². The van der Waals surface area contributed by atoms with Crippen molar-refractivity contribution in [3.63, 3.8) is 0 Å². The molecule has 1 aromatic carbocycles. The second kappa shape index (κ2) is 5.73. The van der Waals surface area contributed by atoms with E-state index in [1.165, 1.54) is 12.1 Å². The highest BCUT2D eigenvalue weighted by Gasteiger charge is 2.37. The number of benzene rings is 1. The van der Waals surface area contributed by atoms with Gasteiger partial charge in [0.2, 0.25) is 0 Å². The number of hydrogen-bond acceptors (Lipinski definition) is 2. The largest absolute Gasteiger partial charge is 0.413 e. The van der Waals surface area contributed by atoms with Crippen LogP contribution in [-0.2, 0) is 11.0 Å². The van der Waals surface area contributed by atoms with Crippen LogP contribution in [0.2, 0.25) is 18.1 Å². The summed E-state index contributed by atoms with van der Waals surface area (Å²) in [4.78, 5) is 0. The summed E-state index contributed by atoms with van der Waals surface area (Å²) in [5.41, 5.74) is 1.47. The Morgan fingerprint density at radius 1 is 1.37 bits per heavy atom. The average Bonchev–Trinajstić information content (AvgIpc) is 2.24. The van der Waals surface area contributed by atoms with Crippen molar-refractivity contribution in [3.8, 4) is 0 Å². The summed E-state index contributed by atoms with van der Waals surface area (Å²) in [6.45, 7) is 12.9. The predicted molar refractivity (Wildman–Crippen MR) is 81.1 cm³/mol. The van der Waals surface area contributed by atoms with Gasteiger partial charge in [-0.3, -0.25) is 0 Å². The summed E-state index contributed by atoms with van der Waals surface area (Å²) in [5.74, 6) is -0.293. The van der Waals surface area contributed by atoms with Crippen LogP contribution in [0.3, 0.4) is 0 Å². The molecule has 1 aromatic rings. The second-order valence-corrected chi connectivity index (χ2v) is 11.4. The molecule has 0 aliphatic rings. The molecular formula is C15H27FO2Si. The fourth-order valence-electron chi connectivity index (χ4n) is 1.58. The molecule has 0 radical (unpaired) electrons. The molecule has 19 heavy (non-hydrogen) atoms. The maximum Gasteiger partial charge on any atom is 0.192 e. The molecule has 0 heterocycles. The van der Waals surface area contributed by atoms with Gasteiger partial charge in [0, 0.05) is 1.43 Å². The van der Waals surface area contributed by atoms with Crippen molar-refractivity contribution in [1.29, 1.82) is 0 Å². The van der Waals surface area contributed by atoms with Crippen molar-refractivity contribution in [3.05, 3.63) is 35.1 Å². The zero-order valence-electron chi connectivity index (χ0n) is 12.7. The maximum atomic E-state index is 13.3. The summed E-state index contributed by atoms with van der Waals surface area (Å²) in [6.07, 6.45) is -0.612. The molecule has 1 atom stereocenters. The van der Waals surface area contributed by atoms with E-state index in [2.05, 4.69) is 33.9 Å². The first-order valence-electron chi connectivity index (χ1n) is 6.65. The highest BCUT2D eigenvalue weighted by molar-refractivity contribution is 6.74. The predicted octanol–water partition coefficient (Wildman–Crippen LogP) is 4.65. The van der Waals surface area contributed by atoms with Crippen molar-refractivity contribution >= 4 is 8.32 Å². The van der Waals surface area contributed by atoms with E-state index in [-0.39, 0.29) is 12.3 Å². The smallest absolute Gasteiger partial charge is 0.192 e. The van der Waals surface area contributed by atoms with E-state index in [9.17, 15) is 9.50 Å². The van der Waals surface area contributed by atoms with E-state index in [1.807, 2.05) is 0 Å². The van der Waals surface area contributed by atoms with Crippen LogP contribution in [0, 0.1) is 5.82 Å². The lowest BCUT2D eigenvalue weighted by molar-refractivity contribution is 0.193. The zero-order chi connectivity index (χ0) is 14.8. The lowest BCUT2D eigenvalue weighted by atomic mass is 10.0. The maximum absolute atomic E-state index is 13.3. The fraction of sp³-hybridized carbons (Fsp3) is 0.600. The summed E-state index contributed by atoms with van der Waals surface area (Å²) < 4.78 is 19.4. The van der Waals surface area contributed by atoms with Crippen LogP contribution in [-0.4, -0.2) is 13.4 Å². The Morgan fingerprint density at radius 3 is 2.42 bits per heavy atom. The third-order valence-electron chi connectivity index (χ3n) is 3.95. The van der Waals surface area contributed by atoms with Gasteiger partial charge in [-0.15, -0.1) is 0 Å². The van der Waals surface area contributed by atoms with Crippen LogP contribution in [0.5, 0.6) is 0 Å². The molecule has 4 heteroatoms. The number of aliphatic hydroxyl groups is 1. The van der Waals surface area contributed by atoms with Gasteiger partial charge in [0.1, 0.15) is 5.82 Å². The SMILES string of the molecule is C[C@@H](O)c1ccc(F)cc1CO[Si](C)(C)C(C)(C)C.[HH]. The molecule has 0 aliphatic carbocycles. The van der Waals surface area contributed by atoms with Crippen LogP contribution in [0.4, 0.5) is 4.39 Å². The quantitative estimate of drug-likeness (QED) is 0.817. The second-order valence-electron chi connectivity index (χ2n) is 6.57. The molecule has 1 N–H and O–H groups in total. The molecule has 0 aliphatic heterocycles. The normalized spacial score (nSPS) is 14.5. The molecule has 2 nitrogen and oxygen atoms in total. The molecule has 0 saturated carbocycles. The number of halogens is 1. The first kappa shape index (κ1) is 16.3. The summed E-state index contributed by atoms with van der Waals surface area (Å²) in [6, 6.07) is 4.46. The Morgan fingerprint density at radius 2 is 1.95 bits per heavy atom. The average molecular weight is 286 g/mol. The minimum atomic E-state index is -1.87. The van der Waals surface area contributed by atoms with Gasteiger partial charge in [0.05, 0.1) is 12.7 Å². The molecule has 0 fully saturated rings. The van der Waals surface area contributed by atoms with E-state index in [1.54, 1.807) is 13.0 Å². The van der Waals surface area contributed by atoms with Gasteiger partial charge >= 0.3 is 0 Å². The summed E-state index contributed by atoms with van der Waals surface area (Å²) in [5, 5.41) is 9.83. The van der Waals surface area contributed by atoms with Gasteiger partial charge in [0.15, 0.2) is 8.32 Å². The van der Waals surface area contributed by atoms with E-state index in [0.717, 1.165) is 11.1 Å². The number of rotatable bonds is 4. The van der Waals surface area contributed by atoms with Crippen molar-refractivity contribution in [2.24, 2.45) is 0 Å². The molecule has 0 aromatic heterocycles. The monoisotopic (exact) mass is 286 g/mol. The van der Waals surface area contributed by atoms with Crippen molar-refractivity contribution in [2.75, 3.05) is 0 Å². The number of aliphatic hydroxyl groups excluding tert-OH is 1. The van der Waals surface area contributed by atoms with Gasteiger partial charge in [0.25, 0.3) is 0 Å². The first-order chi connectivity index (χ1) is 8.54. The standard InChI is InChI=1S/C15H25FO2Si.H2/c1-11(17)14-8-7-13(16)9-12(14)10-18-19(5,6)15(2,3)4;/h7-9,11,17H,10H2,1-6H3;1H/t11-;/m1./s1. The fourth-order valence-corrected chi connectivity index (χ4v) is 2.53. The first-order valence-corrected chi connectivity index (χ1v) is 9.56. The molecule has 0 bridgehead atoms. The van der Waals surface area contributed by atoms with E-state index in [0.29, 0.717) is 6.61 Å². The van der Waals surface area contributed by atoms with Crippen molar-refractivity contribution in [2.45, 2.75) is 58.5 Å². The highest BCUT2D eigenvalue weighted by atomic mass is 28.4. The molecule has 0 amide bonds. The molecular weight excluding hydrogens is 259 g/mol. The lowest BCUT2D eigenvalue weighted by Crippen LogP contribution is -2.40. The summed E-state index contributed by atoms with van der Waals surface area (Å²) in [7, 11) is -1.87. The van der Waals surface area contributed by atoms with Crippen LogP contribution >= 0.6 is 0 Å². The topological polar surface area (TPSA) is 29.5 Å². The Balaban J connectivity index is 0.00000361. The van der Waals surface area contributed by atoms with Crippen LogP contribution in [0.25, 0.3) is 0 Å². The zero-order valence-corrected chi connectivity index (χ0v) is 13.7. The highest BCUT2D eigenvalue weighted by Crippen LogP contribution is 2.37. The van der Waals surface area contributed by atoms with Gasteiger partial charge < -0.3 is 9.53 Å². The third kappa shape index (κ3) is 4.13. The van der Waals surface area contributed by atoms with Gasteiger partial charge in [-0.25, -0.2) is 4.39 Å². The van der Waals surface area contributed by atoms with E-state index in [4.69, 9.17) is 4.43 Å². The van der Waals surface area contributed by atoms with E-state index < -0.39 is 14.4 Å². The molecule has 110 valence electrons. The van der Waals surface area contributed by atoms with E-state index >= 15 is 0 Å². The van der Waals surface area contributed by atoms with Crippen molar-refractivity contribution < 1.29 is 15.3 Å². The minimum Gasteiger partial charge on any atom is -0.413 e. The Kier molecular flexibility index (Phi) is 4.93. The van der Waals surface area contributed by atoms with Gasteiger partial charge in [-0.05, 0) is 48.3 Å². The Hall–Kier alpha value is -0.713. The van der Waals surface area contributed by atoms with Crippen LogP contribution in [0.15, 0.2) is 18.2 Å². The van der Waals surface area contributed by atoms with Crippen molar-refractivity contribution in [1.82, 2.24) is 0 Å². The summed E-state index contributed by atoms with van der Waals surface area (Å²) >= 11 is 0. The van der Waals surface area contributed by atoms with Crippen LogP contribution in [0.1, 0.15) is 46.4 Å². The van der Waals surface area contributed by atoms with Gasteiger partial charge in [-0.1, -0.05) is 26.8 Å². The lowest BCUT2D eigenvalue weighted by Gasteiger charge is -2.36. The minimum absolute atomic E-state index is 0. The Bertz CT molecular complexity index is 442. The van der Waals surface area contributed by atoms with Crippen LogP contribution < -0.4 is 0 Å².